The van der Waals surface area contributed by atoms with Crippen LogP contribution in [-0.2, 0) is 12.7 Å². The molecule has 0 atom stereocenters. The summed E-state index contributed by atoms with van der Waals surface area (Å²) in [6.07, 6.45) is -3.14. The first kappa shape index (κ1) is 12.8. The van der Waals surface area contributed by atoms with Crippen LogP contribution in [0.15, 0.2) is 12.3 Å². The third-order valence-electron chi connectivity index (χ3n) is 2.02. The molecule has 2 aromatic rings. The summed E-state index contributed by atoms with van der Waals surface area (Å²) in [5.74, 6) is 0. The van der Waals surface area contributed by atoms with E-state index in [1.54, 1.807) is 0 Å². The lowest BCUT2D eigenvalue weighted by molar-refractivity contribution is -0.141. The lowest BCUT2D eigenvalue weighted by atomic mass is 10.4. The Bertz CT molecular complexity index is 518. The second-order valence-electron chi connectivity index (χ2n) is 3.43. The number of rotatable bonds is 4. The first-order valence-corrected chi connectivity index (χ1v) is 5.97. The van der Waals surface area contributed by atoms with Gasteiger partial charge in [0.1, 0.15) is 5.01 Å². The Balaban J connectivity index is 2.06. The second-order valence-corrected chi connectivity index (χ2v) is 4.49. The standard InChI is InChI=1S/C9H10F3N5S/c1-2-13-8-15-14-7(18-8)5-17-4-3-6(16-17)9(10,11)12/h3-4H,2,5H2,1H3,(H,13,15). The highest BCUT2D eigenvalue weighted by Gasteiger charge is 2.33. The lowest BCUT2D eigenvalue weighted by Gasteiger charge is -2.00. The molecule has 98 valence electrons. The predicted molar refractivity (Wildman–Crippen MR) is 60.4 cm³/mol. The second kappa shape index (κ2) is 4.92. The van der Waals surface area contributed by atoms with Crippen molar-refractivity contribution in [2.24, 2.45) is 0 Å². The van der Waals surface area contributed by atoms with Crippen molar-refractivity contribution in [1.29, 1.82) is 0 Å². The van der Waals surface area contributed by atoms with Gasteiger partial charge in [-0.25, -0.2) is 0 Å². The molecule has 1 N–H and O–H groups in total. The number of hydrogen-bond donors (Lipinski definition) is 1. The molecule has 0 saturated carbocycles. The summed E-state index contributed by atoms with van der Waals surface area (Å²) < 4.78 is 38.2. The van der Waals surface area contributed by atoms with Crippen molar-refractivity contribution in [3.63, 3.8) is 0 Å². The maximum absolute atomic E-state index is 12.3. The van der Waals surface area contributed by atoms with Crippen molar-refractivity contribution < 1.29 is 13.2 Å². The molecule has 0 radical (unpaired) electrons. The number of aromatic nitrogens is 4. The molecule has 0 amide bonds. The molecule has 0 aromatic carbocycles. The monoisotopic (exact) mass is 277 g/mol. The highest BCUT2D eigenvalue weighted by atomic mass is 32.1. The fourth-order valence-electron chi connectivity index (χ4n) is 1.28. The zero-order valence-electron chi connectivity index (χ0n) is 9.40. The van der Waals surface area contributed by atoms with Gasteiger partial charge in [-0.3, -0.25) is 4.68 Å². The fraction of sp³-hybridized carbons (Fsp3) is 0.444. The zero-order chi connectivity index (χ0) is 13.2. The number of nitrogens with zero attached hydrogens (tertiary/aromatic N) is 4. The molecule has 0 bridgehead atoms. The molecule has 0 aliphatic rings. The minimum Gasteiger partial charge on any atom is -0.360 e. The van der Waals surface area contributed by atoms with Crippen LogP contribution in [0.3, 0.4) is 0 Å². The first-order valence-electron chi connectivity index (χ1n) is 5.16. The number of halogens is 3. The van der Waals surface area contributed by atoms with E-state index in [4.69, 9.17) is 0 Å². The molecule has 0 unspecified atom stereocenters. The molecule has 0 spiro atoms. The van der Waals surface area contributed by atoms with E-state index in [1.165, 1.54) is 22.2 Å². The van der Waals surface area contributed by atoms with Crippen molar-refractivity contribution in [3.05, 3.63) is 23.0 Å². The number of nitrogens with one attached hydrogen (secondary N) is 1. The van der Waals surface area contributed by atoms with Crippen LogP contribution in [0.5, 0.6) is 0 Å². The third-order valence-corrected chi connectivity index (χ3v) is 2.89. The van der Waals surface area contributed by atoms with Gasteiger partial charge in [0.2, 0.25) is 5.13 Å². The Morgan fingerprint density at radius 1 is 1.39 bits per heavy atom. The van der Waals surface area contributed by atoms with E-state index in [9.17, 15) is 13.2 Å². The van der Waals surface area contributed by atoms with E-state index in [2.05, 4.69) is 20.6 Å². The van der Waals surface area contributed by atoms with E-state index in [0.29, 0.717) is 16.7 Å². The van der Waals surface area contributed by atoms with E-state index < -0.39 is 11.9 Å². The summed E-state index contributed by atoms with van der Waals surface area (Å²) in [6, 6.07) is 0.937. The molecule has 2 heterocycles. The average Bonchev–Trinajstić information content (AvgIpc) is 2.88. The Labute approximate surface area is 105 Å². The van der Waals surface area contributed by atoms with Gasteiger partial charge in [-0.15, -0.1) is 10.2 Å². The number of alkyl halides is 3. The molecular weight excluding hydrogens is 267 g/mol. The third kappa shape index (κ3) is 2.97. The molecule has 0 aliphatic heterocycles. The van der Waals surface area contributed by atoms with E-state index in [1.807, 2.05) is 6.92 Å². The Hall–Kier alpha value is -1.64. The highest BCUT2D eigenvalue weighted by Crippen LogP contribution is 2.27. The van der Waals surface area contributed by atoms with Crippen molar-refractivity contribution in [1.82, 2.24) is 20.0 Å². The maximum Gasteiger partial charge on any atom is 0.435 e. The summed E-state index contributed by atoms with van der Waals surface area (Å²) in [7, 11) is 0. The first-order chi connectivity index (χ1) is 8.49. The maximum atomic E-state index is 12.3. The molecule has 5 nitrogen and oxygen atoms in total. The van der Waals surface area contributed by atoms with Crippen LogP contribution >= 0.6 is 11.3 Å². The van der Waals surface area contributed by atoms with Crippen molar-refractivity contribution in [2.45, 2.75) is 19.6 Å². The van der Waals surface area contributed by atoms with Gasteiger partial charge >= 0.3 is 6.18 Å². The predicted octanol–water partition coefficient (Wildman–Crippen LogP) is 2.23. The summed E-state index contributed by atoms with van der Waals surface area (Å²) in [5, 5.41) is 15.4. The largest absolute Gasteiger partial charge is 0.435 e. The van der Waals surface area contributed by atoms with Crippen LogP contribution in [0.1, 0.15) is 17.6 Å². The van der Waals surface area contributed by atoms with Gasteiger partial charge in [0.25, 0.3) is 0 Å². The Morgan fingerprint density at radius 3 is 2.78 bits per heavy atom. The topological polar surface area (TPSA) is 55.6 Å². The van der Waals surface area contributed by atoms with Crippen LogP contribution in [-0.4, -0.2) is 26.5 Å². The smallest absolute Gasteiger partial charge is 0.360 e. The van der Waals surface area contributed by atoms with Gasteiger partial charge in [0.05, 0.1) is 6.54 Å². The van der Waals surface area contributed by atoms with E-state index >= 15 is 0 Å². The SMILES string of the molecule is CCNc1nnc(Cn2ccc(C(F)(F)F)n2)s1. The van der Waals surface area contributed by atoms with Gasteiger partial charge in [-0.05, 0) is 13.0 Å². The van der Waals surface area contributed by atoms with Crippen molar-refractivity contribution >= 4 is 16.5 Å². The summed E-state index contributed by atoms with van der Waals surface area (Å²) >= 11 is 1.29. The highest BCUT2D eigenvalue weighted by molar-refractivity contribution is 7.15. The molecule has 9 heteroatoms. The van der Waals surface area contributed by atoms with Crippen molar-refractivity contribution in [2.75, 3.05) is 11.9 Å². The van der Waals surface area contributed by atoms with Crippen LogP contribution in [0.4, 0.5) is 18.3 Å². The summed E-state index contributed by atoms with van der Waals surface area (Å²) in [4.78, 5) is 0. The van der Waals surface area contributed by atoms with E-state index in [-0.39, 0.29) is 6.54 Å². The van der Waals surface area contributed by atoms with E-state index in [0.717, 1.165) is 6.07 Å². The Kier molecular flexibility index (Phi) is 3.50. The summed E-state index contributed by atoms with van der Waals surface area (Å²) in [5.41, 5.74) is -0.904. The van der Waals surface area contributed by atoms with Crippen LogP contribution < -0.4 is 5.32 Å². The molecular formula is C9H10F3N5S. The molecule has 0 fully saturated rings. The molecule has 0 aliphatic carbocycles. The van der Waals surface area contributed by atoms with Gasteiger partial charge in [0.15, 0.2) is 5.69 Å². The molecule has 2 aromatic heterocycles. The zero-order valence-corrected chi connectivity index (χ0v) is 10.2. The summed E-state index contributed by atoms with van der Waals surface area (Å²) in [6.45, 7) is 2.82. The van der Waals surface area contributed by atoms with Crippen molar-refractivity contribution in [3.8, 4) is 0 Å². The minimum absolute atomic E-state index is 0.180. The van der Waals surface area contributed by atoms with Crippen LogP contribution in [0.25, 0.3) is 0 Å². The van der Waals surface area contributed by atoms with Gasteiger partial charge < -0.3 is 5.32 Å². The van der Waals surface area contributed by atoms with Gasteiger partial charge in [-0.2, -0.15) is 18.3 Å². The van der Waals surface area contributed by atoms with Gasteiger partial charge in [0, 0.05) is 12.7 Å². The average molecular weight is 277 g/mol. The van der Waals surface area contributed by atoms with Crippen LogP contribution in [0.2, 0.25) is 0 Å². The molecule has 2 rings (SSSR count). The number of hydrogen-bond acceptors (Lipinski definition) is 5. The van der Waals surface area contributed by atoms with Gasteiger partial charge in [-0.1, -0.05) is 11.3 Å². The van der Waals surface area contributed by atoms with Crippen LogP contribution in [0, 0.1) is 0 Å². The quantitative estimate of drug-likeness (QED) is 0.931. The lowest BCUT2D eigenvalue weighted by Crippen LogP contribution is -2.08. The molecule has 18 heavy (non-hydrogen) atoms. The normalized spacial score (nSPS) is 11.8. The molecule has 0 saturated heterocycles. The Morgan fingerprint density at radius 2 is 2.17 bits per heavy atom. The minimum atomic E-state index is -4.42. The fourth-order valence-corrected chi connectivity index (χ4v) is 2.08. The number of anilines is 1.